The van der Waals surface area contributed by atoms with E-state index < -0.39 is 0 Å². The van der Waals surface area contributed by atoms with Crippen molar-refractivity contribution in [1.29, 1.82) is 0 Å². The molecule has 0 saturated heterocycles. The summed E-state index contributed by atoms with van der Waals surface area (Å²) in [6.45, 7) is 15.2. The molecule has 0 aliphatic rings. The van der Waals surface area contributed by atoms with Crippen LogP contribution in [0, 0.1) is 6.92 Å². The minimum absolute atomic E-state index is 0.768. The minimum atomic E-state index is 0.768. The molecule has 0 aliphatic carbocycles. The van der Waals surface area contributed by atoms with E-state index in [4.69, 9.17) is 11.6 Å². The molecule has 0 amide bonds. The Kier molecular flexibility index (Phi) is 7.56. The fourth-order valence-corrected chi connectivity index (χ4v) is 2.72. The first kappa shape index (κ1) is 17.5. The Labute approximate surface area is 128 Å². The standard InChI is InChI=1S/C15H29ClN4/c1-6-19(7-2)10-9-11-20(8-3)12-14-13(4)17-18(5)15(14)16/h6-12H2,1-5H3. The molecule has 1 rings (SSSR count). The first-order valence-electron chi connectivity index (χ1n) is 7.66. The monoisotopic (exact) mass is 300 g/mol. The molecule has 20 heavy (non-hydrogen) atoms. The largest absolute Gasteiger partial charge is 0.304 e. The van der Waals surface area contributed by atoms with Gasteiger partial charge in [-0.1, -0.05) is 32.4 Å². The van der Waals surface area contributed by atoms with Crippen LogP contribution in [-0.2, 0) is 13.6 Å². The number of aryl methyl sites for hydroxylation is 2. The summed E-state index contributed by atoms with van der Waals surface area (Å²) in [5.41, 5.74) is 2.21. The van der Waals surface area contributed by atoms with Crippen molar-refractivity contribution < 1.29 is 0 Å². The Bertz CT molecular complexity index is 399. The van der Waals surface area contributed by atoms with Gasteiger partial charge in [0.1, 0.15) is 5.15 Å². The SMILES string of the molecule is CCN(CC)CCCN(CC)Cc1c(C)nn(C)c1Cl. The Morgan fingerprint density at radius 2 is 1.60 bits per heavy atom. The van der Waals surface area contributed by atoms with Crippen LogP contribution in [0.1, 0.15) is 38.4 Å². The highest BCUT2D eigenvalue weighted by molar-refractivity contribution is 6.30. The Balaban J connectivity index is 2.51. The lowest BCUT2D eigenvalue weighted by molar-refractivity contribution is 0.238. The molecule has 0 fully saturated rings. The lowest BCUT2D eigenvalue weighted by Crippen LogP contribution is -2.30. The number of nitrogens with zero attached hydrogens (tertiary/aromatic N) is 4. The smallest absolute Gasteiger partial charge is 0.131 e. The molecule has 0 bridgehead atoms. The van der Waals surface area contributed by atoms with Gasteiger partial charge in [-0.15, -0.1) is 0 Å². The average molecular weight is 301 g/mol. The lowest BCUT2D eigenvalue weighted by Gasteiger charge is -2.23. The predicted molar refractivity (Wildman–Crippen MR) is 86.3 cm³/mol. The number of rotatable bonds is 9. The van der Waals surface area contributed by atoms with Crippen LogP contribution in [0.15, 0.2) is 0 Å². The van der Waals surface area contributed by atoms with Crippen LogP contribution in [0.25, 0.3) is 0 Å². The van der Waals surface area contributed by atoms with Gasteiger partial charge >= 0.3 is 0 Å². The first-order valence-corrected chi connectivity index (χ1v) is 8.03. The van der Waals surface area contributed by atoms with Gasteiger partial charge in [0.25, 0.3) is 0 Å². The molecule has 0 atom stereocenters. The topological polar surface area (TPSA) is 24.3 Å². The van der Waals surface area contributed by atoms with E-state index in [0.717, 1.165) is 43.6 Å². The number of halogens is 1. The van der Waals surface area contributed by atoms with Crippen LogP contribution in [-0.4, -0.2) is 52.3 Å². The number of hydrogen-bond donors (Lipinski definition) is 0. The number of hydrogen-bond acceptors (Lipinski definition) is 3. The maximum atomic E-state index is 6.31. The second-order valence-corrected chi connectivity index (χ2v) is 5.59. The molecule has 1 aromatic rings. The van der Waals surface area contributed by atoms with E-state index >= 15 is 0 Å². The summed E-state index contributed by atoms with van der Waals surface area (Å²) in [5.74, 6) is 0. The molecule has 1 aromatic heterocycles. The first-order chi connectivity index (χ1) is 9.53. The van der Waals surface area contributed by atoms with Gasteiger partial charge in [0.2, 0.25) is 0 Å². The maximum Gasteiger partial charge on any atom is 0.131 e. The van der Waals surface area contributed by atoms with E-state index in [1.54, 1.807) is 4.68 Å². The third-order valence-corrected chi connectivity index (χ3v) is 4.41. The van der Waals surface area contributed by atoms with E-state index in [-0.39, 0.29) is 0 Å². The molecule has 1 heterocycles. The third-order valence-electron chi connectivity index (χ3n) is 3.94. The summed E-state index contributed by atoms with van der Waals surface area (Å²) in [6.07, 6.45) is 1.20. The Hall–Kier alpha value is -0.580. The van der Waals surface area contributed by atoms with Gasteiger partial charge in [0.15, 0.2) is 0 Å². The van der Waals surface area contributed by atoms with Gasteiger partial charge in [0.05, 0.1) is 5.69 Å². The van der Waals surface area contributed by atoms with Crippen molar-refractivity contribution in [2.45, 2.75) is 40.7 Å². The zero-order valence-corrected chi connectivity index (χ0v) is 14.4. The molecule has 5 heteroatoms. The van der Waals surface area contributed by atoms with Crippen LogP contribution in [0.4, 0.5) is 0 Å². The van der Waals surface area contributed by atoms with E-state index in [0.29, 0.717) is 0 Å². The van der Waals surface area contributed by atoms with Crippen molar-refractivity contribution in [3.63, 3.8) is 0 Å². The van der Waals surface area contributed by atoms with Crippen molar-refractivity contribution in [3.8, 4) is 0 Å². The highest BCUT2D eigenvalue weighted by atomic mass is 35.5. The van der Waals surface area contributed by atoms with Crippen molar-refractivity contribution >= 4 is 11.6 Å². The summed E-state index contributed by atoms with van der Waals surface area (Å²) in [5, 5.41) is 5.15. The second kappa shape index (κ2) is 8.65. The van der Waals surface area contributed by atoms with Crippen LogP contribution in [0.2, 0.25) is 5.15 Å². The van der Waals surface area contributed by atoms with Crippen LogP contribution >= 0.6 is 11.6 Å². The van der Waals surface area contributed by atoms with Gasteiger partial charge in [-0.05, 0) is 46.1 Å². The summed E-state index contributed by atoms with van der Waals surface area (Å²) in [6, 6.07) is 0. The van der Waals surface area contributed by atoms with Crippen molar-refractivity contribution in [2.24, 2.45) is 7.05 Å². The molecule has 0 radical (unpaired) electrons. The van der Waals surface area contributed by atoms with Crippen LogP contribution in [0.5, 0.6) is 0 Å². The molecule has 0 unspecified atom stereocenters. The fourth-order valence-electron chi connectivity index (χ4n) is 2.48. The Morgan fingerprint density at radius 1 is 1.05 bits per heavy atom. The minimum Gasteiger partial charge on any atom is -0.304 e. The molecule has 4 nitrogen and oxygen atoms in total. The van der Waals surface area contributed by atoms with Gasteiger partial charge < -0.3 is 4.90 Å². The fraction of sp³-hybridized carbons (Fsp3) is 0.800. The molecular formula is C15H29ClN4. The van der Waals surface area contributed by atoms with Gasteiger partial charge in [-0.3, -0.25) is 9.58 Å². The summed E-state index contributed by atoms with van der Waals surface area (Å²) in [7, 11) is 1.90. The molecule has 0 spiro atoms. The van der Waals surface area contributed by atoms with E-state index in [2.05, 4.69) is 35.7 Å². The number of aromatic nitrogens is 2. The second-order valence-electron chi connectivity index (χ2n) is 5.23. The van der Waals surface area contributed by atoms with Crippen molar-refractivity contribution in [3.05, 3.63) is 16.4 Å². The van der Waals surface area contributed by atoms with Gasteiger partial charge in [-0.2, -0.15) is 5.10 Å². The van der Waals surface area contributed by atoms with E-state index in [1.165, 1.54) is 18.5 Å². The van der Waals surface area contributed by atoms with Gasteiger partial charge in [0, 0.05) is 19.2 Å². The maximum absolute atomic E-state index is 6.31. The highest BCUT2D eigenvalue weighted by Crippen LogP contribution is 2.20. The summed E-state index contributed by atoms with van der Waals surface area (Å²) >= 11 is 6.31. The Morgan fingerprint density at radius 3 is 2.05 bits per heavy atom. The zero-order chi connectivity index (χ0) is 15.1. The highest BCUT2D eigenvalue weighted by Gasteiger charge is 2.14. The van der Waals surface area contributed by atoms with Crippen molar-refractivity contribution in [1.82, 2.24) is 19.6 Å². The van der Waals surface area contributed by atoms with Gasteiger partial charge in [-0.25, -0.2) is 0 Å². The quantitative estimate of drug-likeness (QED) is 0.701. The van der Waals surface area contributed by atoms with Crippen LogP contribution < -0.4 is 0 Å². The molecule has 116 valence electrons. The molecule has 0 N–H and O–H groups in total. The van der Waals surface area contributed by atoms with E-state index in [1.807, 2.05) is 14.0 Å². The lowest BCUT2D eigenvalue weighted by atomic mass is 10.2. The third kappa shape index (κ3) is 4.76. The summed E-state index contributed by atoms with van der Waals surface area (Å²) in [4.78, 5) is 4.91. The normalized spacial score (nSPS) is 11.8. The molecule has 0 aromatic carbocycles. The average Bonchev–Trinajstić information content (AvgIpc) is 2.68. The zero-order valence-electron chi connectivity index (χ0n) is 13.6. The molecule has 0 saturated carbocycles. The molecular weight excluding hydrogens is 272 g/mol. The van der Waals surface area contributed by atoms with Crippen LogP contribution in [0.3, 0.4) is 0 Å². The predicted octanol–water partition coefficient (Wildman–Crippen LogP) is 2.94. The molecule has 0 aliphatic heterocycles. The van der Waals surface area contributed by atoms with E-state index in [9.17, 15) is 0 Å². The van der Waals surface area contributed by atoms with Crippen molar-refractivity contribution in [2.75, 3.05) is 32.7 Å². The summed E-state index contributed by atoms with van der Waals surface area (Å²) < 4.78 is 1.76.